The van der Waals surface area contributed by atoms with Crippen molar-refractivity contribution in [3.63, 3.8) is 0 Å². The van der Waals surface area contributed by atoms with Gasteiger partial charge in [0.05, 0.1) is 6.04 Å². The molecule has 1 aliphatic rings. The lowest BCUT2D eigenvalue weighted by Gasteiger charge is -2.24. The molecule has 0 fully saturated rings. The maximum Gasteiger partial charge on any atom is 0.243 e. The van der Waals surface area contributed by atoms with E-state index in [4.69, 9.17) is 17.2 Å². The minimum atomic E-state index is -0.996. The third-order valence-corrected chi connectivity index (χ3v) is 5.96. The molecule has 3 amide bonds. The molecule has 196 valence electrons. The van der Waals surface area contributed by atoms with Gasteiger partial charge in [-0.05, 0) is 53.8 Å². The van der Waals surface area contributed by atoms with Gasteiger partial charge in [0.1, 0.15) is 17.8 Å². The highest BCUT2D eigenvalue weighted by molar-refractivity contribution is 5.93. The summed E-state index contributed by atoms with van der Waals surface area (Å²) in [5, 5.41) is 18.6. The average Bonchev–Trinajstić information content (AvgIpc) is 2.85. The van der Waals surface area contributed by atoms with E-state index >= 15 is 0 Å². The first-order valence-electron chi connectivity index (χ1n) is 11.8. The van der Waals surface area contributed by atoms with E-state index in [1.165, 1.54) is 0 Å². The third-order valence-electron chi connectivity index (χ3n) is 5.96. The number of benzene rings is 2. The van der Waals surface area contributed by atoms with Gasteiger partial charge in [0.2, 0.25) is 17.7 Å². The zero-order valence-electron chi connectivity index (χ0n) is 19.6. The van der Waals surface area contributed by atoms with Gasteiger partial charge in [0.25, 0.3) is 0 Å². The summed E-state index contributed by atoms with van der Waals surface area (Å²) in [4.78, 5) is 38.9. The molecule has 1 heterocycles. The summed E-state index contributed by atoms with van der Waals surface area (Å²) in [6, 6.07) is 9.93. The second kappa shape index (κ2) is 13.6. The normalized spacial score (nSPS) is 20.1. The number of amides is 3. The second-order valence-electron chi connectivity index (χ2n) is 8.69. The van der Waals surface area contributed by atoms with Crippen molar-refractivity contribution in [3.8, 4) is 16.9 Å². The topological polar surface area (TPSA) is 186 Å². The van der Waals surface area contributed by atoms with E-state index < -0.39 is 29.9 Å². The number of phenols is 1. The minimum Gasteiger partial charge on any atom is -0.508 e. The van der Waals surface area contributed by atoms with Gasteiger partial charge in [0, 0.05) is 25.9 Å². The van der Waals surface area contributed by atoms with Crippen LogP contribution >= 0.6 is 0 Å². The lowest BCUT2D eigenvalue weighted by molar-refractivity contribution is -0.132. The molecule has 0 saturated carbocycles. The molecule has 10 N–H and O–H groups in total. The Morgan fingerprint density at radius 3 is 2.47 bits per heavy atom. The van der Waals surface area contributed by atoms with Gasteiger partial charge in [-0.3, -0.25) is 14.4 Å². The molecule has 0 aromatic heterocycles. The van der Waals surface area contributed by atoms with Crippen molar-refractivity contribution < 1.29 is 19.5 Å². The number of hydrogen-bond donors (Lipinski definition) is 7. The van der Waals surface area contributed by atoms with Crippen molar-refractivity contribution in [3.05, 3.63) is 53.6 Å². The summed E-state index contributed by atoms with van der Waals surface area (Å²) in [5.41, 5.74) is 20.3. The predicted octanol–water partition coefficient (Wildman–Crippen LogP) is -0.0954. The summed E-state index contributed by atoms with van der Waals surface area (Å²) < 4.78 is 0. The Labute approximate surface area is 212 Å². The van der Waals surface area contributed by atoms with Gasteiger partial charge in [-0.2, -0.15) is 0 Å². The van der Waals surface area contributed by atoms with E-state index in [1.54, 1.807) is 18.2 Å². The number of aromatic hydroxyl groups is 1. The fourth-order valence-electron chi connectivity index (χ4n) is 4.04. The Morgan fingerprint density at radius 2 is 1.75 bits per heavy atom. The van der Waals surface area contributed by atoms with Crippen LogP contribution in [-0.4, -0.2) is 60.6 Å². The van der Waals surface area contributed by atoms with Crippen molar-refractivity contribution >= 4 is 17.7 Å². The van der Waals surface area contributed by atoms with Crippen molar-refractivity contribution in [2.24, 2.45) is 17.2 Å². The van der Waals surface area contributed by atoms with Gasteiger partial charge >= 0.3 is 0 Å². The summed E-state index contributed by atoms with van der Waals surface area (Å²) in [6.45, 7) is 0.863. The smallest absolute Gasteiger partial charge is 0.243 e. The molecule has 10 heteroatoms. The van der Waals surface area contributed by atoms with Crippen LogP contribution in [0.15, 0.2) is 42.5 Å². The van der Waals surface area contributed by atoms with Crippen LogP contribution in [0.3, 0.4) is 0 Å². The summed E-state index contributed by atoms with van der Waals surface area (Å²) in [5.74, 6) is -1.37. The minimum absolute atomic E-state index is 0. The van der Waals surface area contributed by atoms with Gasteiger partial charge in [-0.1, -0.05) is 37.8 Å². The van der Waals surface area contributed by atoms with Crippen LogP contribution in [0.2, 0.25) is 0 Å². The number of phenolic OH excluding ortho intramolecular Hbond substituents is 1. The van der Waals surface area contributed by atoms with Crippen molar-refractivity contribution in [2.45, 2.75) is 51.2 Å². The molecule has 2 aromatic rings. The first-order chi connectivity index (χ1) is 16.8. The van der Waals surface area contributed by atoms with Gasteiger partial charge in [0.15, 0.2) is 0 Å². The van der Waals surface area contributed by atoms with E-state index in [0.29, 0.717) is 18.5 Å². The lowest BCUT2D eigenvalue weighted by Crippen LogP contribution is -2.56. The predicted molar refractivity (Wildman–Crippen MR) is 140 cm³/mol. The molecule has 4 bridgehead atoms. The Bertz CT molecular complexity index is 1060. The molecule has 10 nitrogen and oxygen atoms in total. The molecule has 0 radical (unpaired) electrons. The highest BCUT2D eigenvalue weighted by Crippen LogP contribution is 2.28. The van der Waals surface area contributed by atoms with E-state index in [0.717, 1.165) is 16.7 Å². The number of fused-ring (bicyclic) bond motifs is 5. The summed E-state index contributed by atoms with van der Waals surface area (Å²) >= 11 is 0. The maximum absolute atomic E-state index is 13.2. The molecule has 1 aliphatic heterocycles. The van der Waals surface area contributed by atoms with Crippen LogP contribution in [0.5, 0.6) is 5.75 Å². The third kappa shape index (κ3) is 7.51. The zero-order valence-corrected chi connectivity index (χ0v) is 19.6. The van der Waals surface area contributed by atoms with E-state index in [9.17, 15) is 19.5 Å². The first kappa shape index (κ1) is 28.8. The fourth-order valence-corrected chi connectivity index (χ4v) is 4.04. The molecule has 36 heavy (non-hydrogen) atoms. The number of nitrogens with two attached hydrogens (primary N) is 3. The SMILES string of the molecule is C.NCCC[C@@H]1NC(=O)[C@@H](N)Cc2cc(ccc2O)-c2cccc(c2)C[C@@H](C(=O)NCCN)NC1=O. The van der Waals surface area contributed by atoms with Crippen LogP contribution in [0.25, 0.3) is 11.1 Å². The lowest BCUT2D eigenvalue weighted by atomic mass is 9.96. The monoisotopic (exact) mass is 498 g/mol. The van der Waals surface area contributed by atoms with Gasteiger partial charge in [-0.15, -0.1) is 0 Å². The zero-order chi connectivity index (χ0) is 25.4. The van der Waals surface area contributed by atoms with Crippen molar-refractivity contribution in [1.82, 2.24) is 16.0 Å². The largest absolute Gasteiger partial charge is 0.508 e. The van der Waals surface area contributed by atoms with Crippen molar-refractivity contribution in [2.75, 3.05) is 19.6 Å². The van der Waals surface area contributed by atoms with Crippen LogP contribution in [0.1, 0.15) is 31.4 Å². The molecule has 0 aliphatic carbocycles. The van der Waals surface area contributed by atoms with Gasteiger partial charge in [-0.25, -0.2) is 0 Å². The quantitative estimate of drug-likeness (QED) is 0.290. The van der Waals surface area contributed by atoms with Gasteiger partial charge < -0.3 is 38.3 Å². The second-order valence-corrected chi connectivity index (χ2v) is 8.69. The molecule has 0 saturated heterocycles. The molecular formula is C26H38N6O4. The average molecular weight is 499 g/mol. The first-order valence-corrected chi connectivity index (χ1v) is 11.8. The Kier molecular flexibility index (Phi) is 10.8. The summed E-state index contributed by atoms with van der Waals surface area (Å²) in [7, 11) is 0. The van der Waals surface area contributed by atoms with Crippen LogP contribution < -0.4 is 33.2 Å². The molecule has 3 rings (SSSR count). The number of hydrogen-bond acceptors (Lipinski definition) is 7. The molecule has 3 atom stereocenters. The fraction of sp³-hybridized carbons (Fsp3) is 0.423. The van der Waals surface area contributed by atoms with E-state index in [1.807, 2.05) is 24.3 Å². The highest BCUT2D eigenvalue weighted by Gasteiger charge is 2.28. The molecule has 0 unspecified atom stereocenters. The Hall–Kier alpha value is -3.47. The maximum atomic E-state index is 13.2. The number of nitrogens with one attached hydrogen (secondary N) is 3. The Morgan fingerprint density at radius 1 is 1.00 bits per heavy atom. The highest BCUT2D eigenvalue weighted by atomic mass is 16.3. The van der Waals surface area contributed by atoms with E-state index in [2.05, 4.69) is 16.0 Å². The van der Waals surface area contributed by atoms with Crippen LogP contribution in [-0.2, 0) is 27.2 Å². The molecule has 0 spiro atoms. The number of rotatable bonds is 6. The number of carbonyl (C=O) groups is 3. The molecule has 2 aromatic carbocycles. The summed E-state index contributed by atoms with van der Waals surface area (Å²) in [6.07, 6.45) is 1.09. The standard InChI is InChI=1S/C25H34N6O4.CH4/c26-8-2-5-20-25(35)31-21(24(34)29-10-9-27)12-15-3-1-4-16(11-15)17-6-7-22(32)18(13-17)14-19(28)23(33)30-20;/h1,3-4,6-7,11,13,19-21,32H,2,5,8-10,12,14,26-28H2,(H,29,34)(H,30,33)(H,31,35);1H4/t19-,20-,21-;/m0./s1. The van der Waals surface area contributed by atoms with Crippen molar-refractivity contribution in [1.29, 1.82) is 0 Å². The Balaban J connectivity index is 0.00000456. The number of carbonyl (C=O) groups excluding carboxylic acids is 3. The van der Waals surface area contributed by atoms with E-state index in [-0.39, 0.29) is 51.4 Å². The van der Waals surface area contributed by atoms with Crippen LogP contribution in [0.4, 0.5) is 0 Å². The van der Waals surface area contributed by atoms with Crippen LogP contribution in [0, 0.1) is 0 Å². The molecular weight excluding hydrogens is 460 g/mol.